The molecule has 0 N–H and O–H groups in total. The van der Waals surface area contributed by atoms with Crippen LogP contribution in [0.25, 0.3) is 34.1 Å². The Morgan fingerprint density at radius 3 is 2.46 bits per heavy atom. The Kier molecular flexibility index (Phi) is 3.39. The summed E-state index contributed by atoms with van der Waals surface area (Å²) >= 11 is 3.37. The lowest BCUT2D eigenvalue weighted by atomic mass is 10.2. The summed E-state index contributed by atoms with van der Waals surface area (Å²) in [5.41, 5.74) is 1.29. The Morgan fingerprint density at radius 2 is 1.71 bits per heavy atom. The number of halogens is 1. The maximum absolute atomic E-state index is 10.8. The van der Waals surface area contributed by atoms with Crippen molar-refractivity contribution in [3.63, 3.8) is 0 Å². The van der Waals surface area contributed by atoms with Crippen LogP contribution in [0.15, 0.2) is 61.8 Å². The first kappa shape index (κ1) is 14.6. The van der Waals surface area contributed by atoms with E-state index >= 15 is 0 Å². The van der Waals surface area contributed by atoms with E-state index in [1.54, 1.807) is 12.1 Å². The monoisotopic (exact) mass is 385 g/mol. The van der Waals surface area contributed by atoms with Crippen LogP contribution in [0.1, 0.15) is 0 Å². The van der Waals surface area contributed by atoms with Crippen molar-refractivity contribution in [3.05, 3.63) is 63.1 Å². The fourth-order valence-corrected chi connectivity index (χ4v) is 2.55. The zero-order chi connectivity index (χ0) is 16.7. The number of non-ortho nitro benzene ring substituents is 1. The molecule has 0 bridgehead atoms. The van der Waals surface area contributed by atoms with Crippen molar-refractivity contribution in [1.29, 1.82) is 0 Å². The molecule has 8 heteroatoms. The van der Waals surface area contributed by atoms with Crippen LogP contribution in [0.4, 0.5) is 5.69 Å². The van der Waals surface area contributed by atoms with E-state index in [1.807, 2.05) is 24.3 Å². The van der Waals surface area contributed by atoms with Gasteiger partial charge in [0.25, 0.3) is 11.6 Å². The number of hydrogen-bond donors (Lipinski definition) is 0. The minimum atomic E-state index is -0.454. The highest BCUT2D eigenvalue weighted by Crippen LogP contribution is 2.31. The lowest BCUT2D eigenvalue weighted by Gasteiger charge is -1.94. The summed E-state index contributed by atoms with van der Waals surface area (Å²) in [5, 5.41) is 19.4. The molecular formula is C16H8BrN3O4. The number of benzene rings is 2. The highest BCUT2D eigenvalue weighted by molar-refractivity contribution is 9.10. The number of aromatic nitrogens is 2. The van der Waals surface area contributed by atoms with Gasteiger partial charge in [-0.2, -0.15) is 0 Å². The number of nitro benzene ring substituents is 1. The molecule has 2 aromatic heterocycles. The molecule has 7 nitrogen and oxygen atoms in total. The molecule has 0 fully saturated rings. The summed E-state index contributed by atoms with van der Waals surface area (Å²) in [6, 6.07) is 13.5. The molecule has 0 unspecified atom stereocenters. The molecule has 0 saturated carbocycles. The number of fused-ring (bicyclic) bond motifs is 1. The molecule has 24 heavy (non-hydrogen) atoms. The zero-order valence-electron chi connectivity index (χ0n) is 12.0. The highest BCUT2D eigenvalue weighted by Gasteiger charge is 2.16. The van der Waals surface area contributed by atoms with Gasteiger partial charge in [0.05, 0.1) is 4.92 Å². The molecule has 0 saturated heterocycles. The smallest absolute Gasteiger partial charge is 0.283 e. The number of furan rings is 1. The summed E-state index contributed by atoms with van der Waals surface area (Å²) in [4.78, 5) is 10.4. The van der Waals surface area contributed by atoms with E-state index in [4.69, 9.17) is 8.83 Å². The van der Waals surface area contributed by atoms with Gasteiger partial charge in [-0.05, 0) is 36.4 Å². The van der Waals surface area contributed by atoms with E-state index in [9.17, 15) is 10.1 Å². The van der Waals surface area contributed by atoms with E-state index in [-0.39, 0.29) is 11.6 Å². The van der Waals surface area contributed by atoms with Gasteiger partial charge in [-0.25, -0.2) is 0 Å². The Bertz CT molecular complexity index is 1050. The summed E-state index contributed by atoms with van der Waals surface area (Å²) in [6.45, 7) is 0. The van der Waals surface area contributed by atoms with Crippen LogP contribution in [0.2, 0.25) is 0 Å². The molecule has 0 aliphatic rings. The summed E-state index contributed by atoms with van der Waals surface area (Å²) in [6.07, 6.45) is 0. The van der Waals surface area contributed by atoms with Crippen LogP contribution in [-0.2, 0) is 0 Å². The number of rotatable bonds is 3. The van der Waals surface area contributed by atoms with Crippen LogP contribution < -0.4 is 0 Å². The Labute approximate surface area is 143 Å². The fraction of sp³-hybridized carbons (Fsp3) is 0. The van der Waals surface area contributed by atoms with Gasteiger partial charge in [0.15, 0.2) is 5.76 Å². The lowest BCUT2D eigenvalue weighted by Crippen LogP contribution is -1.85. The van der Waals surface area contributed by atoms with Gasteiger partial charge in [-0.15, -0.1) is 10.2 Å². The topological polar surface area (TPSA) is 95.2 Å². The first-order chi connectivity index (χ1) is 11.6. The molecular weight excluding hydrogens is 378 g/mol. The van der Waals surface area contributed by atoms with Crippen LogP contribution >= 0.6 is 15.9 Å². The average molecular weight is 386 g/mol. The Balaban J connectivity index is 1.72. The average Bonchev–Trinajstić information content (AvgIpc) is 3.21. The van der Waals surface area contributed by atoms with Gasteiger partial charge in [-0.3, -0.25) is 10.1 Å². The number of nitrogens with zero attached hydrogens (tertiary/aromatic N) is 3. The maximum atomic E-state index is 10.8. The molecule has 118 valence electrons. The number of nitro groups is 1. The minimum absolute atomic E-state index is 0.00377. The van der Waals surface area contributed by atoms with Gasteiger partial charge >= 0.3 is 0 Å². The van der Waals surface area contributed by atoms with E-state index in [0.29, 0.717) is 22.6 Å². The largest absolute Gasteiger partial charge is 0.451 e. The van der Waals surface area contributed by atoms with E-state index in [1.165, 1.54) is 12.1 Å². The van der Waals surface area contributed by atoms with Crippen molar-refractivity contribution in [1.82, 2.24) is 10.2 Å². The van der Waals surface area contributed by atoms with Crippen molar-refractivity contribution in [2.45, 2.75) is 0 Å². The second-order valence-corrected chi connectivity index (χ2v) is 5.92. The van der Waals surface area contributed by atoms with Gasteiger partial charge < -0.3 is 8.83 Å². The van der Waals surface area contributed by atoms with Crippen molar-refractivity contribution in [2.75, 3.05) is 0 Å². The first-order valence-electron chi connectivity index (χ1n) is 6.88. The quantitative estimate of drug-likeness (QED) is 0.370. The SMILES string of the molecule is O=[N+]([O-])c1ccc2oc(-c3nnc(-c4ccc(Br)cc4)o3)cc2c1. The number of hydrogen-bond acceptors (Lipinski definition) is 6. The Morgan fingerprint density at radius 1 is 0.958 bits per heavy atom. The second kappa shape index (κ2) is 5.57. The van der Waals surface area contributed by atoms with Gasteiger partial charge in [0.2, 0.25) is 5.89 Å². The summed E-state index contributed by atoms with van der Waals surface area (Å²) in [7, 11) is 0. The van der Waals surface area contributed by atoms with Crippen LogP contribution in [0.5, 0.6) is 0 Å². The van der Waals surface area contributed by atoms with Gasteiger partial charge in [0, 0.05) is 27.6 Å². The summed E-state index contributed by atoms with van der Waals surface area (Å²) in [5.74, 6) is 0.942. The molecule has 0 aliphatic heterocycles. The second-order valence-electron chi connectivity index (χ2n) is 5.01. The van der Waals surface area contributed by atoms with Crippen molar-refractivity contribution < 1.29 is 13.8 Å². The molecule has 0 spiro atoms. The third kappa shape index (κ3) is 2.56. The van der Waals surface area contributed by atoms with E-state index in [2.05, 4.69) is 26.1 Å². The predicted octanol–water partition coefficient (Wildman–Crippen LogP) is 4.82. The maximum Gasteiger partial charge on any atom is 0.283 e. The standard InChI is InChI=1S/C16H8BrN3O4/c17-11-3-1-9(2-4-11)15-18-19-16(24-15)14-8-10-7-12(20(21)22)5-6-13(10)23-14/h1-8H. The molecule has 4 aromatic rings. The van der Waals surface area contributed by atoms with E-state index < -0.39 is 4.92 Å². The van der Waals surface area contributed by atoms with E-state index in [0.717, 1.165) is 10.0 Å². The molecule has 0 atom stereocenters. The van der Waals surface area contributed by atoms with Crippen LogP contribution in [0.3, 0.4) is 0 Å². The molecule has 0 radical (unpaired) electrons. The van der Waals surface area contributed by atoms with Crippen molar-refractivity contribution in [2.24, 2.45) is 0 Å². The minimum Gasteiger partial charge on any atom is -0.451 e. The van der Waals surface area contributed by atoms with Crippen molar-refractivity contribution in [3.8, 4) is 23.1 Å². The predicted molar refractivity (Wildman–Crippen MR) is 89.3 cm³/mol. The molecule has 0 aliphatic carbocycles. The zero-order valence-corrected chi connectivity index (χ0v) is 13.6. The Hall–Kier alpha value is -3.00. The lowest BCUT2D eigenvalue weighted by molar-refractivity contribution is -0.384. The van der Waals surface area contributed by atoms with Crippen molar-refractivity contribution >= 4 is 32.6 Å². The highest BCUT2D eigenvalue weighted by atomic mass is 79.9. The molecule has 0 amide bonds. The van der Waals surface area contributed by atoms with Crippen LogP contribution in [0, 0.1) is 10.1 Å². The van der Waals surface area contributed by atoms with Gasteiger partial charge in [0.1, 0.15) is 5.58 Å². The molecule has 4 rings (SSSR count). The summed E-state index contributed by atoms with van der Waals surface area (Å²) < 4.78 is 12.2. The fourth-order valence-electron chi connectivity index (χ4n) is 2.28. The van der Waals surface area contributed by atoms with Crippen LogP contribution in [-0.4, -0.2) is 15.1 Å². The van der Waals surface area contributed by atoms with Gasteiger partial charge in [-0.1, -0.05) is 15.9 Å². The third-order valence-corrected chi connectivity index (χ3v) is 3.97. The first-order valence-corrected chi connectivity index (χ1v) is 7.67. The molecule has 2 aromatic carbocycles. The molecule has 2 heterocycles. The third-order valence-electron chi connectivity index (χ3n) is 3.44. The normalized spacial score (nSPS) is 11.0.